The Morgan fingerprint density at radius 3 is 2.50 bits per heavy atom. The van der Waals surface area contributed by atoms with Gasteiger partial charge in [0.2, 0.25) is 0 Å². The van der Waals surface area contributed by atoms with Crippen molar-refractivity contribution in [2.75, 3.05) is 0 Å². The number of ether oxygens (including phenoxy) is 1. The number of rotatable bonds is 2. The molecule has 1 aromatic rings. The Morgan fingerprint density at radius 1 is 1.21 bits per heavy atom. The molecule has 1 aliphatic rings. The molecule has 0 aromatic carbocycles. The maximum absolute atomic E-state index is 13.1. The van der Waals surface area contributed by atoms with Crippen LogP contribution in [0.25, 0.3) is 6.08 Å². The standard InChI is InChI=1S/C27H39NO6/c1-16-9-8-10-17(2)25(31)20(5)26(32)27(6,7)23(29)15-24(30)33-22(12-11-16)18(3)13-21-14-19(4)34-28-21/h8,10-11,13-14,17,20,22-23,25,29,31H,9,12,15H2,1-7H3. The second-order valence-corrected chi connectivity index (χ2v) is 10.1. The highest BCUT2D eigenvalue weighted by atomic mass is 16.5. The number of esters is 1. The number of aromatic nitrogens is 1. The predicted molar refractivity (Wildman–Crippen MR) is 131 cm³/mol. The van der Waals surface area contributed by atoms with Gasteiger partial charge in [-0.05, 0) is 38.8 Å². The van der Waals surface area contributed by atoms with Crippen molar-refractivity contribution in [3.63, 3.8) is 0 Å². The lowest BCUT2D eigenvalue weighted by Gasteiger charge is -2.34. The summed E-state index contributed by atoms with van der Waals surface area (Å²) >= 11 is 0. The molecular formula is C27H39NO6. The van der Waals surface area contributed by atoms with E-state index in [1.807, 2.05) is 45.1 Å². The van der Waals surface area contributed by atoms with E-state index in [-0.39, 0.29) is 18.1 Å². The molecule has 1 aliphatic heterocycles. The Kier molecular flexibility index (Phi) is 9.59. The molecule has 188 valence electrons. The van der Waals surface area contributed by atoms with Crippen LogP contribution in [-0.4, -0.2) is 45.4 Å². The third-order valence-corrected chi connectivity index (χ3v) is 6.66. The zero-order valence-electron chi connectivity index (χ0n) is 21.4. The topological polar surface area (TPSA) is 110 Å². The monoisotopic (exact) mass is 473 g/mol. The molecule has 2 rings (SSSR count). The van der Waals surface area contributed by atoms with Gasteiger partial charge in [0.05, 0.1) is 24.0 Å². The van der Waals surface area contributed by atoms with E-state index < -0.39 is 35.6 Å². The van der Waals surface area contributed by atoms with Gasteiger partial charge in [-0.15, -0.1) is 0 Å². The van der Waals surface area contributed by atoms with Gasteiger partial charge < -0.3 is 19.5 Å². The van der Waals surface area contributed by atoms with E-state index in [0.29, 0.717) is 24.3 Å². The molecule has 0 radical (unpaired) electrons. The lowest BCUT2D eigenvalue weighted by Crippen LogP contribution is -2.45. The van der Waals surface area contributed by atoms with Crippen LogP contribution in [-0.2, 0) is 14.3 Å². The number of hydrogen-bond donors (Lipinski definition) is 2. The summed E-state index contributed by atoms with van der Waals surface area (Å²) in [5, 5.41) is 25.5. The number of aliphatic hydroxyl groups is 2. The van der Waals surface area contributed by atoms with Gasteiger partial charge in [0, 0.05) is 24.3 Å². The van der Waals surface area contributed by atoms with Gasteiger partial charge in [-0.25, -0.2) is 0 Å². The third-order valence-electron chi connectivity index (χ3n) is 6.66. The van der Waals surface area contributed by atoms with E-state index in [2.05, 4.69) is 5.16 Å². The fourth-order valence-corrected chi connectivity index (χ4v) is 4.06. The highest BCUT2D eigenvalue weighted by molar-refractivity contribution is 5.88. The molecule has 2 N–H and O–H groups in total. The van der Waals surface area contributed by atoms with Crippen molar-refractivity contribution >= 4 is 17.8 Å². The van der Waals surface area contributed by atoms with Crippen LogP contribution in [0.4, 0.5) is 0 Å². The zero-order valence-corrected chi connectivity index (χ0v) is 21.4. The molecule has 0 spiro atoms. The molecule has 0 saturated carbocycles. The first-order valence-corrected chi connectivity index (χ1v) is 11.9. The average molecular weight is 474 g/mol. The van der Waals surface area contributed by atoms with Crippen LogP contribution in [0.2, 0.25) is 0 Å². The van der Waals surface area contributed by atoms with Crippen LogP contribution in [0.5, 0.6) is 0 Å². The van der Waals surface area contributed by atoms with Crippen LogP contribution >= 0.6 is 0 Å². The molecule has 0 fully saturated rings. The summed E-state index contributed by atoms with van der Waals surface area (Å²) < 4.78 is 10.9. The summed E-state index contributed by atoms with van der Waals surface area (Å²) in [6, 6.07) is 1.79. The van der Waals surface area contributed by atoms with Gasteiger partial charge in [-0.2, -0.15) is 0 Å². The minimum Gasteiger partial charge on any atom is -0.457 e. The average Bonchev–Trinajstić information content (AvgIpc) is 3.18. The predicted octanol–water partition coefficient (Wildman–Crippen LogP) is 4.57. The lowest BCUT2D eigenvalue weighted by molar-refractivity contribution is -0.154. The van der Waals surface area contributed by atoms with Crippen LogP contribution in [0.15, 0.2) is 40.0 Å². The van der Waals surface area contributed by atoms with E-state index >= 15 is 0 Å². The van der Waals surface area contributed by atoms with Crippen molar-refractivity contribution in [3.05, 3.63) is 46.9 Å². The molecule has 0 saturated heterocycles. The van der Waals surface area contributed by atoms with E-state index in [9.17, 15) is 19.8 Å². The third kappa shape index (κ3) is 7.24. The number of nitrogens with zero attached hydrogens (tertiary/aromatic N) is 1. The molecule has 1 aromatic heterocycles. The Balaban J connectivity index is 2.37. The second-order valence-electron chi connectivity index (χ2n) is 10.1. The number of aliphatic hydroxyl groups excluding tert-OH is 2. The van der Waals surface area contributed by atoms with Crippen LogP contribution in [0.3, 0.4) is 0 Å². The number of carbonyl (C=O) groups is 2. The number of ketones is 1. The smallest absolute Gasteiger partial charge is 0.309 e. The Bertz CT molecular complexity index is 954. The fourth-order valence-electron chi connectivity index (χ4n) is 4.06. The summed E-state index contributed by atoms with van der Waals surface area (Å²) in [7, 11) is 0. The largest absolute Gasteiger partial charge is 0.457 e. The van der Waals surface area contributed by atoms with Gasteiger partial charge in [-0.1, -0.05) is 56.7 Å². The SMILES string of the molecule is CC1=CCC(C(C)=Cc2cc(C)on2)OC(=O)CC(O)C(C)(C)C(=O)C(C)C(O)C(C)C=CC1. The molecule has 0 bridgehead atoms. The highest BCUT2D eigenvalue weighted by Gasteiger charge is 2.42. The van der Waals surface area contributed by atoms with Crippen LogP contribution in [0, 0.1) is 24.2 Å². The number of aryl methyl sites for hydroxylation is 1. The molecule has 34 heavy (non-hydrogen) atoms. The molecule has 0 aliphatic carbocycles. The first-order chi connectivity index (χ1) is 15.8. The quantitative estimate of drug-likeness (QED) is 0.478. The van der Waals surface area contributed by atoms with Gasteiger partial charge in [0.25, 0.3) is 0 Å². The molecular weight excluding hydrogens is 434 g/mol. The van der Waals surface area contributed by atoms with Crippen molar-refractivity contribution in [2.24, 2.45) is 17.3 Å². The van der Waals surface area contributed by atoms with Gasteiger partial charge in [-0.3, -0.25) is 9.59 Å². The van der Waals surface area contributed by atoms with Crippen LogP contribution < -0.4 is 0 Å². The van der Waals surface area contributed by atoms with Gasteiger partial charge >= 0.3 is 5.97 Å². The zero-order chi connectivity index (χ0) is 25.6. The van der Waals surface area contributed by atoms with Gasteiger partial charge in [0.15, 0.2) is 0 Å². The van der Waals surface area contributed by atoms with Crippen LogP contribution in [0.1, 0.15) is 72.3 Å². The summed E-state index contributed by atoms with van der Waals surface area (Å²) in [6.07, 6.45) is 5.83. The van der Waals surface area contributed by atoms with Crippen molar-refractivity contribution in [1.82, 2.24) is 5.16 Å². The molecule has 5 unspecified atom stereocenters. The summed E-state index contributed by atoms with van der Waals surface area (Å²) in [4.78, 5) is 25.9. The summed E-state index contributed by atoms with van der Waals surface area (Å²) in [5.74, 6) is -1.14. The Morgan fingerprint density at radius 2 is 1.88 bits per heavy atom. The number of cyclic esters (lactones) is 1. The fraction of sp³-hybridized carbons (Fsp3) is 0.593. The second kappa shape index (κ2) is 11.8. The molecule has 7 nitrogen and oxygen atoms in total. The highest BCUT2D eigenvalue weighted by Crippen LogP contribution is 2.31. The minimum absolute atomic E-state index is 0.235. The number of carbonyl (C=O) groups excluding carboxylic acids is 2. The van der Waals surface area contributed by atoms with Gasteiger partial charge in [0.1, 0.15) is 23.3 Å². The molecule has 0 amide bonds. The Hall–Kier alpha value is -2.51. The van der Waals surface area contributed by atoms with Crippen molar-refractivity contribution in [3.8, 4) is 0 Å². The number of hydrogen-bond acceptors (Lipinski definition) is 7. The lowest BCUT2D eigenvalue weighted by atomic mass is 9.73. The van der Waals surface area contributed by atoms with E-state index in [4.69, 9.17) is 9.26 Å². The molecule has 5 atom stereocenters. The van der Waals surface area contributed by atoms with Crippen molar-refractivity contribution in [1.29, 1.82) is 0 Å². The first kappa shape index (κ1) is 27.7. The molecule has 2 heterocycles. The maximum Gasteiger partial charge on any atom is 0.309 e. The van der Waals surface area contributed by atoms with Crippen molar-refractivity contribution < 1.29 is 29.1 Å². The normalized spacial score (nSPS) is 30.1. The summed E-state index contributed by atoms with van der Waals surface area (Å²) in [6.45, 7) is 12.4. The summed E-state index contributed by atoms with van der Waals surface area (Å²) in [5.41, 5.74) is 1.28. The first-order valence-electron chi connectivity index (χ1n) is 11.9. The van der Waals surface area contributed by atoms with Crippen molar-refractivity contribution in [2.45, 2.75) is 86.0 Å². The maximum atomic E-state index is 13.1. The minimum atomic E-state index is -1.25. The number of allylic oxidation sites excluding steroid dienone is 2. The number of Topliss-reactive ketones (excluding diaryl/α,β-unsaturated/α-hetero) is 1. The van der Waals surface area contributed by atoms with E-state index in [1.54, 1.807) is 33.8 Å². The van der Waals surface area contributed by atoms with E-state index in [0.717, 1.165) is 11.1 Å². The van der Waals surface area contributed by atoms with E-state index in [1.165, 1.54) is 0 Å². The Labute approximate surface area is 202 Å². The molecule has 7 heteroatoms.